The van der Waals surface area contributed by atoms with Crippen LogP contribution in [0.15, 0.2) is 6.20 Å². The van der Waals surface area contributed by atoms with Gasteiger partial charge in [0.2, 0.25) is 0 Å². The molecule has 0 atom stereocenters. The van der Waals surface area contributed by atoms with E-state index in [1.54, 1.807) is 6.20 Å². The van der Waals surface area contributed by atoms with Crippen molar-refractivity contribution in [1.29, 1.82) is 5.26 Å². The number of amides is 1. The summed E-state index contributed by atoms with van der Waals surface area (Å²) in [4.78, 5) is 21.4. The van der Waals surface area contributed by atoms with E-state index in [9.17, 15) is 4.79 Å². The number of hydrogen-bond acceptors (Lipinski definition) is 6. The normalized spacial score (nSPS) is 17.4. The minimum atomic E-state index is -0.756. The highest BCUT2D eigenvalue weighted by Gasteiger charge is 2.34. The summed E-state index contributed by atoms with van der Waals surface area (Å²) < 4.78 is 5.15. The minimum absolute atomic E-state index is 0.315. The predicted molar refractivity (Wildman–Crippen MR) is 72.0 cm³/mol. The van der Waals surface area contributed by atoms with E-state index in [1.807, 2.05) is 18.7 Å². The first kappa shape index (κ1) is 14.1. The van der Waals surface area contributed by atoms with Gasteiger partial charge in [-0.1, -0.05) is 0 Å². The number of carbonyl (C=O) groups excluding carboxylic acids is 1. The summed E-state index contributed by atoms with van der Waals surface area (Å²) in [6, 6.07) is 2.05. The van der Waals surface area contributed by atoms with Gasteiger partial charge in [-0.05, 0) is 13.8 Å². The Bertz CT molecular complexity index is 558. The van der Waals surface area contributed by atoms with Gasteiger partial charge in [0.1, 0.15) is 11.7 Å². The average molecular weight is 275 g/mol. The van der Waals surface area contributed by atoms with Gasteiger partial charge in [0.05, 0.1) is 5.69 Å². The second-order valence-corrected chi connectivity index (χ2v) is 5.15. The Kier molecular flexibility index (Phi) is 3.74. The number of primary amides is 1. The number of carbonyl (C=O) groups is 1. The quantitative estimate of drug-likeness (QED) is 0.866. The fourth-order valence-electron chi connectivity index (χ4n) is 2.30. The zero-order valence-corrected chi connectivity index (χ0v) is 11.6. The Labute approximate surface area is 117 Å². The Balaban J connectivity index is 2.13. The van der Waals surface area contributed by atoms with E-state index >= 15 is 0 Å². The third-order valence-electron chi connectivity index (χ3n) is 3.45. The summed E-state index contributed by atoms with van der Waals surface area (Å²) in [5, 5.41) is 9.10. The van der Waals surface area contributed by atoms with Crippen LogP contribution in [0.2, 0.25) is 0 Å². The van der Waals surface area contributed by atoms with E-state index in [1.165, 1.54) is 0 Å². The van der Waals surface area contributed by atoms with E-state index < -0.39 is 11.7 Å². The summed E-state index contributed by atoms with van der Waals surface area (Å²) >= 11 is 0. The summed E-state index contributed by atoms with van der Waals surface area (Å²) in [6.45, 7) is 4.97. The molecule has 0 aliphatic carbocycles. The number of rotatable bonds is 2. The topological polar surface area (TPSA) is 105 Å². The molecule has 1 amide bonds. The van der Waals surface area contributed by atoms with Crippen molar-refractivity contribution in [2.45, 2.75) is 32.3 Å². The Morgan fingerprint density at radius 2 is 2.20 bits per heavy atom. The molecule has 0 bridgehead atoms. The molecule has 0 saturated carbocycles. The maximum Gasteiger partial charge on any atom is 0.405 e. The molecule has 2 heterocycles. The van der Waals surface area contributed by atoms with Gasteiger partial charge in [0.15, 0.2) is 11.5 Å². The highest BCUT2D eigenvalue weighted by molar-refractivity contribution is 5.65. The molecule has 2 N–H and O–H groups in total. The summed E-state index contributed by atoms with van der Waals surface area (Å²) in [5.41, 5.74) is 5.61. The van der Waals surface area contributed by atoms with E-state index in [-0.39, 0.29) is 0 Å². The first-order valence-corrected chi connectivity index (χ1v) is 6.41. The van der Waals surface area contributed by atoms with Crippen molar-refractivity contribution in [3.63, 3.8) is 0 Å². The van der Waals surface area contributed by atoms with Crippen molar-refractivity contribution in [3.8, 4) is 6.07 Å². The van der Waals surface area contributed by atoms with Crippen LogP contribution in [-0.4, -0.2) is 34.8 Å². The second kappa shape index (κ2) is 5.33. The van der Waals surface area contributed by atoms with E-state index in [2.05, 4.69) is 16.0 Å². The molecular weight excluding hydrogens is 258 g/mol. The smallest absolute Gasteiger partial charge is 0.405 e. The number of hydrogen-bond donors (Lipinski definition) is 1. The number of aromatic nitrogens is 2. The highest BCUT2D eigenvalue weighted by atomic mass is 16.6. The van der Waals surface area contributed by atoms with Crippen LogP contribution < -0.4 is 10.6 Å². The van der Waals surface area contributed by atoms with E-state index in [0.717, 1.165) is 5.69 Å². The Morgan fingerprint density at radius 3 is 2.75 bits per heavy atom. The number of nitrogens with two attached hydrogens (primary N) is 1. The number of aryl methyl sites for hydroxylation is 1. The lowest BCUT2D eigenvalue weighted by atomic mass is 9.93. The fraction of sp³-hybridized carbons (Fsp3) is 0.538. The number of nitriles is 1. The standard InChI is InChI=1S/C13H17N5O2/c1-9-8-16-10(7-14)11(17-9)18-5-3-13(2,4-6-18)20-12(15)19/h8H,3-6H2,1-2H3,(H2,15,19). The van der Waals surface area contributed by atoms with Crippen LogP contribution in [0, 0.1) is 18.3 Å². The van der Waals surface area contributed by atoms with Crippen molar-refractivity contribution in [2.75, 3.05) is 18.0 Å². The Morgan fingerprint density at radius 1 is 1.55 bits per heavy atom. The van der Waals surface area contributed by atoms with Crippen LogP contribution in [0.3, 0.4) is 0 Å². The van der Waals surface area contributed by atoms with E-state index in [4.69, 9.17) is 15.7 Å². The monoisotopic (exact) mass is 275 g/mol. The third-order valence-corrected chi connectivity index (χ3v) is 3.45. The highest BCUT2D eigenvalue weighted by Crippen LogP contribution is 2.29. The predicted octanol–water partition coefficient (Wildman–Crippen LogP) is 1.11. The number of piperidine rings is 1. The molecule has 1 saturated heterocycles. The molecule has 1 aliphatic heterocycles. The van der Waals surface area contributed by atoms with Crippen LogP contribution >= 0.6 is 0 Å². The van der Waals surface area contributed by atoms with Crippen LogP contribution in [0.4, 0.5) is 10.6 Å². The lowest BCUT2D eigenvalue weighted by Gasteiger charge is -2.38. The lowest BCUT2D eigenvalue weighted by Crippen LogP contribution is -2.46. The van der Waals surface area contributed by atoms with Crippen molar-refractivity contribution >= 4 is 11.9 Å². The van der Waals surface area contributed by atoms with Gasteiger partial charge in [-0.3, -0.25) is 0 Å². The van der Waals surface area contributed by atoms with Gasteiger partial charge in [0.25, 0.3) is 0 Å². The molecule has 1 aliphatic rings. The number of nitrogens with zero attached hydrogens (tertiary/aromatic N) is 4. The molecule has 0 aromatic carbocycles. The maximum absolute atomic E-state index is 10.9. The molecule has 7 nitrogen and oxygen atoms in total. The van der Waals surface area contributed by atoms with Crippen LogP contribution in [0.25, 0.3) is 0 Å². The van der Waals surface area contributed by atoms with Crippen LogP contribution in [0.1, 0.15) is 31.2 Å². The zero-order valence-electron chi connectivity index (χ0n) is 11.6. The van der Waals surface area contributed by atoms with Crippen molar-refractivity contribution in [2.24, 2.45) is 5.73 Å². The maximum atomic E-state index is 10.9. The van der Waals surface area contributed by atoms with Crippen molar-refractivity contribution < 1.29 is 9.53 Å². The van der Waals surface area contributed by atoms with Crippen LogP contribution in [-0.2, 0) is 4.74 Å². The Hall–Kier alpha value is -2.36. The largest absolute Gasteiger partial charge is 0.443 e. The first-order valence-electron chi connectivity index (χ1n) is 6.41. The van der Waals surface area contributed by atoms with Gasteiger partial charge >= 0.3 is 6.09 Å². The van der Waals surface area contributed by atoms with Gasteiger partial charge in [-0.15, -0.1) is 0 Å². The molecule has 2 rings (SSSR count). The van der Waals surface area contributed by atoms with Gasteiger partial charge in [-0.25, -0.2) is 14.8 Å². The third kappa shape index (κ3) is 2.96. The number of ether oxygens (including phenoxy) is 1. The van der Waals surface area contributed by atoms with Gasteiger partial charge in [0, 0.05) is 32.1 Å². The van der Waals surface area contributed by atoms with Crippen molar-refractivity contribution in [3.05, 3.63) is 17.6 Å². The molecule has 7 heteroatoms. The SMILES string of the molecule is Cc1cnc(C#N)c(N2CCC(C)(OC(N)=O)CC2)n1. The van der Waals surface area contributed by atoms with Crippen molar-refractivity contribution in [1.82, 2.24) is 9.97 Å². The molecule has 20 heavy (non-hydrogen) atoms. The molecule has 0 unspecified atom stereocenters. The molecular formula is C13H17N5O2. The second-order valence-electron chi connectivity index (χ2n) is 5.15. The summed E-state index contributed by atoms with van der Waals surface area (Å²) in [6.07, 6.45) is 2.09. The van der Waals surface area contributed by atoms with Gasteiger partial charge < -0.3 is 15.4 Å². The minimum Gasteiger partial charge on any atom is -0.443 e. The average Bonchev–Trinajstić information content (AvgIpc) is 2.38. The molecule has 0 spiro atoms. The van der Waals surface area contributed by atoms with Gasteiger partial charge in [-0.2, -0.15) is 5.26 Å². The zero-order chi connectivity index (χ0) is 14.8. The molecule has 106 valence electrons. The van der Waals surface area contributed by atoms with E-state index in [0.29, 0.717) is 37.4 Å². The number of anilines is 1. The molecule has 1 aromatic rings. The molecule has 1 fully saturated rings. The van der Waals surface area contributed by atoms with Crippen LogP contribution in [0.5, 0.6) is 0 Å². The molecule has 1 aromatic heterocycles. The summed E-state index contributed by atoms with van der Waals surface area (Å²) in [5.74, 6) is 0.591. The fourth-order valence-corrected chi connectivity index (χ4v) is 2.30. The lowest BCUT2D eigenvalue weighted by molar-refractivity contribution is 0.0126. The molecule has 0 radical (unpaired) electrons. The summed E-state index contributed by atoms with van der Waals surface area (Å²) in [7, 11) is 0. The first-order chi connectivity index (χ1) is 9.43.